The maximum Gasteiger partial charge on any atom is 0.320 e. The van der Waals surface area contributed by atoms with Crippen molar-refractivity contribution in [2.24, 2.45) is 0 Å². The highest BCUT2D eigenvalue weighted by molar-refractivity contribution is 9.10. The highest BCUT2D eigenvalue weighted by Gasteiger charge is 2.17. The molecule has 4 heteroatoms. The minimum absolute atomic E-state index is 0.0908. The molecule has 0 fully saturated rings. The molecule has 18 heavy (non-hydrogen) atoms. The zero-order valence-electron chi connectivity index (χ0n) is 11.3. The molecule has 0 amide bonds. The van der Waals surface area contributed by atoms with Gasteiger partial charge in [0.1, 0.15) is 5.60 Å². The number of carbonyl (C=O) groups excluding carboxylic acids is 1. The van der Waals surface area contributed by atoms with Crippen LogP contribution in [0.25, 0.3) is 0 Å². The second kappa shape index (κ2) is 6.34. The van der Waals surface area contributed by atoms with Crippen LogP contribution in [0.15, 0.2) is 28.7 Å². The van der Waals surface area contributed by atoms with Crippen LogP contribution in [-0.2, 0) is 9.53 Å². The molecular weight excluding hydrogens is 294 g/mol. The average Bonchev–Trinajstić information content (AvgIpc) is 2.24. The van der Waals surface area contributed by atoms with Crippen molar-refractivity contribution in [3.05, 3.63) is 34.3 Å². The molecule has 0 aromatic heterocycles. The number of hydrogen-bond acceptors (Lipinski definition) is 3. The average molecular weight is 314 g/mol. The first-order valence-electron chi connectivity index (χ1n) is 5.99. The third-order valence-electron chi connectivity index (χ3n) is 2.34. The number of carbonyl (C=O) groups is 1. The van der Waals surface area contributed by atoms with Crippen molar-refractivity contribution in [2.75, 3.05) is 6.54 Å². The lowest BCUT2D eigenvalue weighted by Gasteiger charge is -2.21. The molecule has 0 unspecified atom stereocenters. The van der Waals surface area contributed by atoms with E-state index in [-0.39, 0.29) is 18.6 Å². The Balaban J connectivity index is 2.49. The van der Waals surface area contributed by atoms with Gasteiger partial charge in [-0.15, -0.1) is 0 Å². The minimum atomic E-state index is -0.435. The van der Waals surface area contributed by atoms with Gasteiger partial charge in [-0.2, -0.15) is 0 Å². The normalized spacial score (nSPS) is 13.2. The summed E-state index contributed by atoms with van der Waals surface area (Å²) < 4.78 is 6.28. The summed E-state index contributed by atoms with van der Waals surface area (Å²) in [7, 11) is 0. The maximum absolute atomic E-state index is 11.6. The molecule has 0 saturated carbocycles. The van der Waals surface area contributed by atoms with E-state index in [2.05, 4.69) is 21.2 Å². The van der Waals surface area contributed by atoms with Gasteiger partial charge in [0.15, 0.2) is 0 Å². The van der Waals surface area contributed by atoms with Gasteiger partial charge in [0.05, 0.1) is 6.54 Å². The molecule has 0 heterocycles. The van der Waals surface area contributed by atoms with Crippen LogP contribution in [0.1, 0.15) is 39.3 Å². The first-order valence-corrected chi connectivity index (χ1v) is 6.78. The predicted molar refractivity (Wildman–Crippen MR) is 76.4 cm³/mol. The third kappa shape index (κ3) is 5.19. The second-order valence-corrected chi connectivity index (χ2v) is 6.06. The van der Waals surface area contributed by atoms with Crippen LogP contribution in [0.4, 0.5) is 0 Å². The van der Waals surface area contributed by atoms with Crippen LogP contribution in [-0.4, -0.2) is 18.1 Å². The fraction of sp³-hybridized carbons (Fsp3) is 0.500. The van der Waals surface area contributed by atoms with Crippen LogP contribution in [0.5, 0.6) is 0 Å². The van der Waals surface area contributed by atoms with Crippen molar-refractivity contribution in [1.29, 1.82) is 0 Å². The van der Waals surface area contributed by atoms with Crippen LogP contribution in [0.3, 0.4) is 0 Å². The molecule has 0 aliphatic carbocycles. The van der Waals surface area contributed by atoms with Crippen molar-refractivity contribution in [1.82, 2.24) is 5.32 Å². The highest BCUT2D eigenvalue weighted by Crippen LogP contribution is 2.22. The van der Waals surface area contributed by atoms with Crippen LogP contribution in [0.2, 0.25) is 0 Å². The van der Waals surface area contributed by atoms with Gasteiger partial charge in [0.25, 0.3) is 0 Å². The van der Waals surface area contributed by atoms with E-state index in [1.165, 1.54) is 0 Å². The summed E-state index contributed by atoms with van der Waals surface area (Å²) in [6.07, 6.45) is 0. The molecular formula is C14H20BrNO2. The van der Waals surface area contributed by atoms with Crippen molar-refractivity contribution in [2.45, 2.75) is 39.3 Å². The van der Waals surface area contributed by atoms with E-state index in [1.54, 1.807) is 0 Å². The van der Waals surface area contributed by atoms with E-state index in [4.69, 9.17) is 4.74 Å². The molecule has 0 aliphatic rings. The molecule has 0 aliphatic heterocycles. The largest absolute Gasteiger partial charge is 0.459 e. The van der Waals surface area contributed by atoms with Gasteiger partial charge in [-0.05, 0) is 39.3 Å². The molecule has 0 radical (unpaired) electrons. The lowest BCUT2D eigenvalue weighted by atomic mass is 10.1. The second-order valence-electron chi connectivity index (χ2n) is 5.21. The molecule has 1 aromatic carbocycles. The lowest BCUT2D eigenvalue weighted by molar-refractivity contribution is -0.153. The molecule has 0 spiro atoms. The molecule has 0 saturated heterocycles. The summed E-state index contributed by atoms with van der Waals surface area (Å²) in [6, 6.07) is 8.05. The van der Waals surface area contributed by atoms with Gasteiger partial charge in [0, 0.05) is 10.5 Å². The van der Waals surface area contributed by atoms with E-state index in [0.717, 1.165) is 10.0 Å². The van der Waals surface area contributed by atoms with Gasteiger partial charge >= 0.3 is 5.97 Å². The number of ether oxygens (including phenoxy) is 1. The van der Waals surface area contributed by atoms with Gasteiger partial charge in [-0.3, -0.25) is 4.79 Å². The van der Waals surface area contributed by atoms with Crippen LogP contribution >= 0.6 is 15.9 Å². The molecule has 1 N–H and O–H groups in total. The monoisotopic (exact) mass is 313 g/mol. The van der Waals surface area contributed by atoms with Crippen molar-refractivity contribution in [3.63, 3.8) is 0 Å². The number of halogens is 1. The highest BCUT2D eigenvalue weighted by atomic mass is 79.9. The van der Waals surface area contributed by atoms with Crippen molar-refractivity contribution >= 4 is 21.9 Å². The number of hydrogen-bond donors (Lipinski definition) is 1. The smallest absolute Gasteiger partial charge is 0.320 e. The first-order chi connectivity index (χ1) is 8.29. The van der Waals surface area contributed by atoms with Crippen LogP contribution < -0.4 is 5.32 Å². The molecule has 1 aromatic rings. The van der Waals surface area contributed by atoms with E-state index >= 15 is 0 Å². The standard InChI is InChI=1S/C14H20BrNO2/c1-10(11-7-5-6-8-12(11)15)16-9-13(17)18-14(2,3)4/h5-8,10,16H,9H2,1-4H3/t10-/m0/s1. The fourth-order valence-electron chi connectivity index (χ4n) is 1.55. The van der Waals surface area contributed by atoms with E-state index in [9.17, 15) is 4.79 Å². The molecule has 1 rings (SSSR count). The number of esters is 1. The Morgan fingerprint density at radius 2 is 2.00 bits per heavy atom. The third-order valence-corrected chi connectivity index (χ3v) is 3.07. The summed E-state index contributed by atoms with van der Waals surface area (Å²) in [4.78, 5) is 11.6. The summed E-state index contributed by atoms with van der Waals surface area (Å²) in [6.45, 7) is 7.82. The number of nitrogens with one attached hydrogen (secondary N) is 1. The topological polar surface area (TPSA) is 38.3 Å². The number of benzene rings is 1. The molecule has 3 nitrogen and oxygen atoms in total. The van der Waals surface area contributed by atoms with Gasteiger partial charge in [0.2, 0.25) is 0 Å². The van der Waals surface area contributed by atoms with Crippen molar-refractivity contribution in [3.8, 4) is 0 Å². The molecule has 1 atom stereocenters. The predicted octanol–water partition coefficient (Wildman–Crippen LogP) is 3.44. The summed E-state index contributed by atoms with van der Waals surface area (Å²) in [5.74, 6) is -0.235. The fourth-order valence-corrected chi connectivity index (χ4v) is 2.18. The van der Waals surface area contributed by atoms with Gasteiger partial charge in [-0.25, -0.2) is 0 Å². The Morgan fingerprint density at radius 3 is 2.56 bits per heavy atom. The Labute approximate surface area is 117 Å². The van der Waals surface area contributed by atoms with E-state index in [1.807, 2.05) is 52.0 Å². The molecule has 0 bridgehead atoms. The Bertz CT molecular complexity index is 413. The maximum atomic E-state index is 11.6. The van der Waals surface area contributed by atoms with Gasteiger partial charge < -0.3 is 10.1 Å². The number of rotatable bonds is 4. The summed E-state index contributed by atoms with van der Waals surface area (Å²) >= 11 is 3.50. The quantitative estimate of drug-likeness (QED) is 0.865. The summed E-state index contributed by atoms with van der Waals surface area (Å²) in [5, 5.41) is 3.16. The van der Waals surface area contributed by atoms with Crippen molar-refractivity contribution < 1.29 is 9.53 Å². The SMILES string of the molecule is C[C@H](NCC(=O)OC(C)(C)C)c1ccccc1Br. The van der Waals surface area contributed by atoms with Gasteiger partial charge in [-0.1, -0.05) is 34.1 Å². The Kier molecular flexibility index (Phi) is 5.35. The zero-order valence-corrected chi connectivity index (χ0v) is 12.9. The summed E-state index contributed by atoms with van der Waals surface area (Å²) in [5.41, 5.74) is 0.691. The Hall–Kier alpha value is -0.870. The van der Waals surface area contributed by atoms with E-state index < -0.39 is 5.60 Å². The molecule has 100 valence electrons. The van der Waals surface area contributed by atoms with Crippen LogP contribution in [0, 0.1) is 0 Å². The minimum Gasteiger partial charge on any atom is -0.459 e. The first kappa shape index (κ1) is 15.2. The Morgan fingerprint density at radius 1 is 1.39 bits per heavy atom. The van der Waals surface area contributed by atoms with E-state index in [0.29, 0.717) is 0 Å². The zero-order chi connectivity index (χ0) is 13.8. The lowest BCUT2D eigenvalue weighted by Crippen LogP contribution is -2.32.